The number of hydrogen-bond acceptors (Lipinski definition) is 4. The number of unbranched alkanes of at least 4 members (excludes halogenated alkanes) is 2. The van der Waals surface area contributed by atoms with E-state index in [1.165, 1.54) is 0 Å². The molecule has 30 heavy (non-hydrogen) atoms. The Morgan fingerprint density at radius 1 is 1.13 bits per heavy atom. The van der Waals surface area contributed by atoms with E-state index in [2.05, 4.69) is 11.8 Å². The highest BCUT2D eigenvalue weighted by Crippen LogP contribution is 2.18. The van der Waals surface area contributed by atoms with Gasteiger partial charge in [0.15, 0.2) is 0 Å². The van der Waals surface area contributed by atoms with Gasteiger partial charge in [-0.15, -0.1) is 0 Å². The van der Waals surface area contributed by atoms with Gasteiger partial charge in [-0.05, 0) is 12.5 Å². The molecule has 0 spiro atoms. The summed E-state index contributed by atoms with van der Waals surface area (Å²) in [6, 6.07) is 7.84. The van der Waals surface area contributed by atoms with Crippen LogP contribution in [0.25, 0.3) is 6.08 Å². The fourth-order valence-corrected chi connectivity index (χ4v) is 3.66. The highest BCUT2D eigenvalue weighted by Gasteiger charge is 2.21. The SMILES string of the molecule is CCCCCC(=O)N1CCN(CCN(CC=Cc2ccccc2OC)C(C)=O)CC1. The summed E-state index contributed by atoms with van der Waals surface area (Å²) in [5.74, 6) is 1.18. The summed E-state index contributed by atoms with van der Waals surface area (Å²) in [5.41, 5.74) is 1.00. The van der Waals surface area contributed by atoms with Gasteiger partial charge in [-0.3, -0.25) is 14.5 Å². The predicted octanol–water partition coefficient (Wildman–Crippen LogP) is 3.28. The van der Waals surface area contributed by atoms with E-state index in [1.54, 1.807) is 14.0 Å². The number of methoxy groups -OCH3 is 1. The van der Waals surface area contributed by atoms with Crippen molar-refractivity contribution in [3.63, 3.8) is 0 Å². The minimum Gasteiger partial charge on any atom is -0.496 e. The van der Waals surface area contributed by atoms with E-state index in [1.807, 2.05) is 46.2 Å². The molecule has 2 rings (SSSR count). The molecule has 0 bridgehead atoms. The summed E-state index contributed by atoms with van der Waals surface area (Å²) in [5, 5.41) is 0. The Bertz CT molecular complexity index is 697. The van der Waals surface area contributed by atoms with E-state index in [9.17, 15) is 9.59 Å². The van der Waals surface area contributed by atoms with Crippen LogP contribution in [0.5, 0.6) is 5.75 Å². The topological polar surface area (TPSA) is 53.1 Å². The molecule has 6 nitrogen and oxygen atoms in total. The van der Waals surface area contributed by atoms with Gasteiger partial charge in [0.1, 0.15) is 5.75 Å². The average Bonchev–Trinajstić information content (AvgIpc) is 2.76. The van der Waals surface area contributed by atoms with Crippen molar-refractivity contribution in [2.45, 2.75) is 39.5 Å². The first kappa shape index (κ1) is 23.9. The summed E-state index contributed by atoms with van der Waals surface area (Å²) in [6.07, 6.45) is 7.93. The third-order valence-electron chi connectivity index (χ3n) is 5.61. The lowest BCUT2D eigenvalue weighted by Gasteiger charge is -2.35. The van der Waals surface area contributed by atoms with Crippen molar-refractivity contribution in [2.24, 2.45) is 0 Å². The maximum absolute atomic E-state index is 12.3. The monoisotopic (exact) mass is 415 g/mol. The second kappa shape index (κ2) is 13.1. The molecule has 1 aromatic rings. The molecule has 1 aromatic carbocycles. The highest BCUT2D eigenvalue weighted by molar-refractivity contribution is 5.76. The van der Waals surface area contributed by atoms with Crippen LogP contribution in [0.2, 0.25) is 0 Å². The molecular weight excluding hydrogens is 378 g/mol. The number of piperazine rings is 1. The third kappa shape index (κ3) is 7.82. The zero-order valence-electron chi connectivity index (χ0n) is 18.8. The van der Waals surface area contributed by atoms with Crippen LogP contribution in [0.15, 0.2) is 30.3 Å². The summed E-state index contributed by atoms with van der Waals surface area (Å²) in [6.45, 7) is 9.20. The van der Waals surface area contributed by atoms with Crippen LogP contribution in [0.4, 0.5) is 0 Å². The second-order valence-electron chi connectivity index (χ2n) is 7.79. The summed E-state index contributed by atoms with van der Waals surface area (Å²) >= 11 is 0. The normalized spacial score (nSPS) is 14.8. The van der Waals surface area contributed by atoms with Gasteiger partial charge in [-0.2, -0.15) is 0 Å². The smallest absolute Gasteiger partial charge is 0.222 e. The Morgan fingerprint density at radius 2 is 1.87 bits per heavy atom. The van der Waals surface area contributed by atoms with Crippen molar-refractivity contribution in [1.82, 2.24) is 14.7 Å². The largest absolute Gasteiger partial charge is 0.496 e. The van der Waals surface area contributed by atoms with Gasteiger partial charge in [0.25, 0.3) is 0 Å². The van der Waals surface area contributed by atoms with Gasteiger partial charge >= 0.3 is 0 Å². The summed E-state index contributed by atoms with van der Waals surface area (Å²) in [7, 11) is 1.66. The van der Waals surface area contributed by atoms with Crippen molar-refractivity contribution in [1.29, 1.82) is 0 Å². The van der Waals surface area contributed by atoms with Crippen LogP contribution in [-0.2, 0) is 9.59 Å². The van der Waals surface area contributed by atoms with Crippen molar-refractivity contribution < 1.29 is 14.3 Å². The van der Waals surface area contributed by atoms with Crippen LogP contribution in [0.1, 0.15) is 45.1 Å². The van der Waals surface area contributed by atoms with Crippen molar-refractivity contribution in [3.8, 4) is 5.75 Å². The molecule has 1 saturated heterocycles. The number of nitrogens with zero attached hydrogens (tertiary/aromatic N) is 3. The number of amides is 2. The van der Waals surface area contributed by atoms with Gasteiger partial charge in [0.05, 0.1) is 7.11 Å². The quantitative estimate of drug-likeness (QED) is 0.521. The second-order valence-corrected chi connectivity index (χ2v) is 7.79. The Kier molecular flexibility index (Phi) is 10.4. The van der Waals surface area contributed by atoms with Crippen LogP contribution in [0.3, 0.4) is 0 Å². The number of benzene rings is 1. The Morgan fingerprint density at radius 3 is 2.53 bits per heavy atom. The average molecular weight is 416 g/mol. The van der Waals surface area contributed by atoms with E-state index < -0.39 is 0 Å². The fourth-order valence-electron chi connectivity index (χ4n) is 3.66. The Labute approximate surface area is 181 Å². The molecule has 1 aliphatic heterocycles. The number of rotatable bonds is 11. The molecular formula is C24H37N3O3. The van der Waals surface area contributed by atoms with Crippen LogP contribution < -0.4 is 4.74 Å². The first-order chi connectivity index (χ1) is 14.5. The van der Waals surface area contributed by atoms with E-state index in [4.69, 9.17) is 4.74 Å². The molecule has 0 atom stereocenters. The van der Waals surface area contributed by atoms with E-state index >= 15 is 0 Å². The predicted molar refractivity (Wildman–Crippen MR) is 121 cm³/mol. The fraction of sp³-hybridized carbons (Fsp3) is 0.583. The first-order valence-corrected chi connectivity index (χ1v) is 11.1. The van der Waals surface area contributed by atoms with Crippen molar-refractivity contribution in [3.05, 3.63) is 35.9 Å². The maximum Gasteiger partial charge on any atom is 0.222 e. The number of para-hydroxylation sites is 1. The molecule has 0 saturated carbocycles. The van der Waals surface area contributed by atoms with E-state index in [-0.39, 0.29) is 11.8 Å². The maximum atomic E-state index is 12.3. The van der Waals surface area contributed by atoms with Gasteiger partial charge in [0, 0.05) is 64.7 Å². The number of hydrogen-bond donors (Lipinski definition) is 0. The third-order valence-corrected chi connectivity index (χ3v) is 5.61. The Balaban J connectivity index is 1.75. The molecule has 6 heteroatoms. The van der Waals surface area contributed by atoms with Crippen LogP contribution in [0, 0.1) is 0 Å². The van der Waals surface area contributed by atoms with Crippen LogP contribution in [-0.4, -0.2) is 79.4 Å². The number of carbonyl (C=O) groups excluding carboxylic acids is 2. The molecule has 166 valence electrons. The van der Waals surface area contributed by atoms with E-state index in [0.717, 1.165) is 63.3 Å². The molecule has 0 aliphatic carbocycles. The van der Waals surface area contributed by atoms with Crippen LogP contribution >= 0.6 is 0 Å². The molecule has 1 aliphatic rings. The van der Waals surface area contributed by atoms with Gasteiger partial charge in [-0.25, -0.2) is 0 Å². The first-order valence-electron chi connectivity index (χ1n) is 11.1. The molecule has 0 aromatic heterocycles. The zero-order chi connectivity index (χ0) is 21.8. The lowest BCUT2D eigenvalue weighted by atomic mass is 10.2. The van der Waals surface area contributed by atoms with Crippen molar-refractivity contribution >= 4 is 17.9 Å². The summed E-state index contributed by atoms with van der Waals surface area (Å²) < 4.78 is 5.36. The van der Waals surface area contributed by atoms with Crippen molar-refractivity contribution in [2.75, 3.05) is 52.9 Å². The molecule has 2 amide bonds. The van der Waals surface area contributed by atoms with Gasteiger partial charge in [-0.1, -0.05) is 50.1 Å². The number of carbonyl (C=O) groups is 2. The molecule has 1 fully saturated rings. The standard InChI is InChI=1S/C24H37N3O3/c1-4-5-6-13-24(29)27-19-16-25(17-20-27)15-18-26(21(2)28)14-9-11-22-10-7-8-12-23(22)30-3/h7-12H,4-6,13-20H2,1-3H3. The highest BCUT2D eigenvalue weighted by atomic mass is 16.5. The molecule has 0 unspecified atom stereocenters. The van der Waals surface area contributed by atoms with Gasteiger partial charge in [0.2, 0.25) is 11.8 Å². The summed E-state index contributed by atoms with van der Waals surface area (Å²) in [4.78, 5) is 30.5. The van der Waals surface area contributed by atoms with E-state index in [0.29, 0.717) is 19.5 Å². The minimum absolute atomic E-state index is 0.0735. The minimum atomic E-state index is 0.0735. The molecule has 0 radical (unpaired) electrons. The number of ether oxygens (including phenoxy) is 1. The van der Waals surface area contributed by atoms with Gasteiger partial charge < -0.3 is 14.5 Å². The zero-order valence-corrected chi connectivity index (χ0v) is 18.8. The lowest BCUT2D eigenvalue weighted by Crippen LogP contribution is -2.50. The molecule has 1 heterocycles. The lowest BCUT2D eigenvalue weighted by molar-refractivity contribution is -0.133. The Hall–Kier alpha value is -2.34. The molecule has 0 N–H and O–H groups in total.